The van der Waals surface area contributed by atoms with E-state index in [9.17, 15) is 4.79 Å². The van der Waals surface area contributed by atoms with Crippen LogP contribution in [0.5, 0.6) is 10.1 Å². The van der Waals surface area contributed by atoms with Gasteiger partial charge in [0.25, 0.3) is 0 Å². The average molecular weight is 393 g/mol. The van der Waals surface area contributed by atoms with E-state index in [1.54, 1.807) is 6.07 Å². The molecule has 3 nitrogen and oxygen atoms in total. The van der Waals surface area contributed by atoms with Gasteiger partial charge in [-0.05, 0) is 79.6 Å². The summed E-state index contributed by atoms with van der Waals surface area (Å²) in [5.74, 6) is -0.137. The summed E-state index contributed by atoms with van der Waals surface area (Å²) in [6.07, 6.45) is 1.83. The normalized spacial score (nSPS) is 14.5. The van der Waals surface area contributed by atoms with Crippen molar-refractivity contribution in [2.24, 2.45) is 5.41 Å². The Hall–Kier alpha value is -2.59. The molecule has 1 saturated carbocycles. The minimum absolute atomic E-state index is 0.137. The molecule has 1 fully saturated rings. The smallest absolute Gasteiger partial charge is 0.317 e. The Kier molecular flexibility index (Phi) is 4.98. The molecule has 1 aliphatic rings. The molecular weight excluding hydrogens is 368 g/mol. The van der Waals surface area contributed by atoms with Gasteiger partial charge >= 0.3 is 5.97 Å². The maximum atomic E-state index is 12.1. The van der Waals surface area contributed by atoms with Gasteiger partial charge in [-0.2, -0.15) is 0 Å². The van der Waals surface area contributed by atoms with Crippen LogP contribution < -0.4 is 9.47 Å². The standard InChI is InChI=1S/C24H24O3S/c1-16-6-4-7-17(2)22(16)19-9-5-8-18(14-19)15-26-20-10-11-21(28-20)27-23(25)24(3)12-13-24/h4-11,14H,12-13,15H2,1-3H3. The Balaban J connectivity index is 1.42. The monoisotopic (exact) mass is 392 g/mol. The number of thiophene rings is 1. The van der Waals surface area contributed by atoms with Crippen molar-refractivity contribution in [1.82, 2.24) is 0 Å². The van der Waals surface area contributed by atoms with Crippen molar-refractivity contribution < 1.29 is 14.3 Å². The predicted octanol–water partition coefficient (Wildman–Crippen LogP) is 6.32. The van der Waals surface area contributed by atoms with E-state index in [4.69, 9.17) is 9.47 Å². The third kappa shape index (κ3) is 3.97. The van der Waals surface area contributed by atoms with Gasteiger partial charge in [-0.25, -0.2) is 0 Å². The van der Waals surface area contributed by atoms with Gasteiger partial charge in [0.1, 0.15) is 6.61 Å². The zero-order valence-corrected chi connectivity index (χ0v) is 17.3. The Labute approximate surface area is 169 Å². The van der Waals surface area contributed by atoms with Gasteiger partial charge in [-0.1, -0.05) is 47.7 Å². The highest BCUT2D eigenvalue weighted by Gasteiger charge is 2.46. The minimum Gasteiger partial charge on any atom is -0.479 e. The van der Waals surface area contributed by atoms with Crippen molar-refractivity contribution in [3.8, 4) is 21.3 Å². The first-order valence-electron chi connectivity index (χ1n) is 9.55. The molecule has 4 heteroatoms. The van der Waals surface area contributed by atoms with E-state index in [1.807, 2.05) is 13.0 Å². The number of hydrogen-bond acceptors (Lipinski definition) is 4. The van der Waals surface area contributed by atoms with Crippen molar-refractivity contribution in [3.63, 3.8) is 0 Å². The lowest BCUT2D eigenvalue weighted by Gasteiger charge is -2.11. The van der Waals surface area contributed by atoms with Gasteiger partial charge in [0.05, 0.1) is 5.41 Å². The molecule has 0 atom stereocenters. The van der Waals surface area contributed by atoms with Crippen molar-refractivity contribution in [1.29, 1.82) is 0 Å². The second-order valence-electron chi connectivity index (χ2n) is 7.78. The number of aryl methyl sites for hydroxylation is 2. The molecule has 2 aromatic carbocycles. The quantitative estimate of drug-likeness (QED) is 0.461. The van der Waals surface area contributed by atoms with Crippen LogP contribution in [0.1, 0.15) is 36.5 Å². The van der Waals surface area contributed by atoms with E-state index in [2.05, 4.69) is 56.3 Å². The van der Waals surface area contributed by atoms with E-state index < -0.39 is 0 Å². The van der Waals surface area contributed by atoms with Gasteiger partial charge < -0.3 is 9.47 Å². The SMILES string of the molecule is Cc1cccc(C)c1-c1cccc(COc2ccc(OC(=O)C3(C)CC3)s2)c1. The second kappa shape index (κ2) is 7.44. The topological polar surface area (TPSA) is 35.5 Å². The third-order valence-corrected chi connectivity index (χ3v) is 6.20. The molecule has 144 valence electrons. The average Bonchev–Trinajstić information content (AvgIpc) is 3.27. The third-order valence-electron chi connectivity index (χ3n) is 5.32. The van der Waals surface area contributed by atoms with Gasteiger partial charge in [-0.3, -0.25) is 4.79 Å². The Morgan fingerprint density at radius 3 is 2.39 bits per heavy atom. The number of carbonyl (C=O) groups excluding carboxylic acids is 1. The lowest BCUT2D eigenvalue weighted by Crippen LogP contribution is -2.17. The Morgan fingerprint density at radius 2 is 1.68 bits per heavy atom. The van der Waals surface area contributed by atoms with Crippen molar-refractivity contribution >= 4 is 17.3 Å². The molecule has 0 saturated heterocycles. The Bertz CT molecular complexity index is 994. The van der Waals surface area contributed by atoms with E-state index in [0.29, 0.717) is 11.7 Å². The number of carbonyl (C=O) groups is 1. The van der Waals surface area contributed by atoms with Crippen LogP contribution in [-0.4, -0.2) is 5.97 Å². The van der Waals surface area contributed by atoms with Crippen LogP contribution in [0.2, 0.25) is 0 Å². The number of rotatable bonds is 6. The van der Waals surface area contributed by atoms with Gasteiger partial charge in [-0.15, -0.1) is 0 Å². The predicted molar refractivity (Wildman–Crippen MR) is 113 cm³/mol. The summed E-state index contributed by atoms with van der Waals surface area (Å²) in [4.78, 5) is 12.1. The van der Waals surface area contributed by atoms with Crippen LogP contribution in [0, 0.1) is 19.3 Å². The fourth-order valence-corrected chi connectivity index (χ4v) is 3.99. The summed E-state index contributed by atoms with van der Waals surface area (Å²) in [5.41, 5.74) is 5.86. The zero-order valence-electron chi connectivity index (χ0n) is 16.5. The molecule has 1 aromatic heterocycles. The van der Waals surface area contributed by atoms with E-state index in [0.717, 1.165) is 23.5 Å². The van der Waals surface area contributed by atoms with Crippen LogP contribution in [0.15, 0.2) is 54.6 Å². The van der Waals surface area contributed by atoms with Crippen molar-refractivity contribution in [2.75, 3.05) is 0 Å². The molecule has 0 unspecified atom stereocenters. The lowest BCUT2D eigenvalue weighted by molar-refractivity contribution is -0.139. The first-order chi connectivity index (χ1) is 13.4. The fourth-order valence-electron chi connectivity index (χ4n) is 3.28. The molecule has 0 N–H and O–H groups in total. The summed E-state index contributed by atoms with van der Waals surface area (Å²) in [6.45, 7) is 6.71. The molecule has 0 radical (unpaired) electrons. The summed E-state index contributed by atoms with van der Waals surface area (Å²) in [5, 5.41) is 1.35. The van der Waals surface area contributed by atoms with Crippen LogP contribution in [0.25, 0.3) is 11.1 Å². The largest absolute Gasteiger partial charge is 0.479 e. The summed E-state index contributed by atoms with van der Waals surface area (Å²) in [7, 11) is 0. The maximum absolute atomic E-state index is 12.1. The van der Waals surface area contributed by atoms with Crippen LogP contribution >= 0.6 is 11.3 Å². The molecular formula is C24H24O3S. The minimum atomic E-state index is -0.279. The van der Waals surface area contributed by atoms with Crippen LogP contribution in [-0.2, 0) is 11.4 Å². The summed E-state index contributed by atoms with van der Waals surface area (Å²) >= 11 is 1.36. The van der Waals surface area contributed by atoms with E-state index in [1.165, 1.54) is 33.6 Å². The van der Waals surface area contributed by atoms with Crippen LogP contribution in [0.4, 0.5) is 0 Å². The second-order valence-corrected chi connectivity index (χ2v) is 8.79. The number of ether oxygens (including phenoxy) is 2. The summed E-state index contributed by atoms with van der Waals surface area (Å²) in [6, 6.07) is 18.5. The van der Waals surface area contributed by atoms with Gasteiger partial charge in [0.2, 0.25) is 0 Å². The molecule has 28 heavy (non-hydrogen) atoms. The molecule has 1 aliphatic carbocycles. The first-order valence-corrected chi connectivity index (χ1v) is 10.4. The molecule has 3 aromatic rings. The Morgan fingerprint density at radius 1 is 1.00 bits per heavy atom. The summed E-state index contributed by atoms with van der Waals surface area (Å²) < 4.78 is 11.4. The van der Waals surface area contributed by atoms with Crippen molar-refractivity contribution in [3.05, 3.63) is 71.3 Å². The molecule has 0 spiro atoms. The molecule has 4 rings (SSSR count). The number of esters is 1. The molecule has 1 heterocycles. The van der Waals surface area contributed by atoms with E-state index in [-0.39, 0.29) is 11.4 Å². The number of hydrogen-bond donors (Lipinski definition) is 0. The molecule has 0 amide bonds. The first kappa shape index (κ1) is 18.8. The highest BCUT2D eigenvalue weighted by molar-refractivity contribution is 7.15. The fraction of sp³-hybridized carbons (Fsp3) is 0.292. The highest BCUT2D eigenvalue weighted by atomic mass is 32.1. The van der Waals surface area contributed by atoms with E-state index >= 15 is 0 Å². The molecule has 0 bridgehead atoms. The molecule has 0 aliphatic heterocycles. The zero-order chi connectivity index (χ0) is 19.7. The highest BCUT2D eigenvalue weighted by Crippen LogP contribution is 2.46. The van der Waals surface area contributed by atoms with Crippen molar-refractivity contribution in [2.45, 2.75) is 40.2 Å². The van der Waals surface area contributed by atoms with Gasteiger partial charge in [0, 0.05) is 0 Å². The van der Waals surface area contributed by atoms with Gasteiger partial charge in [0.15, 0.2) is 10.1 Å². The number of benzene rings is 2. The lowest BCUT2D eigenvalue weighted by atomic mass is 9.95. The van der Waals surface area contributed by atoms with Crippen LogP contribution in [0.3, 0.4) is 0 Å². The maximum Gasteiger partial charge on any atom is 0.317 e.